The van der Waals surface area contributed by atoms with E-state index >= 15 is 0 Å². The van der Waals surface area contributed by atoms with Crippen LogP contribution in [0.1, 0.15) is 52.0 Å². The molecule has 1 aliphatic carbocycles. The van der Waals surface area contributed by atoms with Gasteiger partial charge in [0.2, 0.25) is 0 Å². The minimum absolute atomic E-state index is 0.127. The van der Waals surface area contributed by atoms with Gasteiger partial charge in [-0.25, -0.2) is 8.42 Å². The Morgan fingerprint density at radius 3 is 2.70 bits per heavy atom. The molecule has 7 nitrogen and oxygen atoms in total. The summed E-state index contributed by atoms with van der Waals surface area (Å²) in [5.41, 5.74) is 2.06. The first kappa shape index (κ1) is 19.5. The zero-order valence-electron chi connectivity index (χ0n) is 17.4. The fourth-order valence-corrected chi connectivity index (χ4v) is 6.82. The van der Waals surface area contributed by atoms with Crippen molar-refractivity contribution in [2.75, 3.05) is 0 Å². The molecule has 1 amide bonds. The topological polar surface area (TPSA) is 100.0 Å². The van der Waals surface area contributed by atoms with Crippen LogP contribution in [0.2, 0.25) is 0 Å². The molecule has 3 heterocycles. The molecule has 1 aromatic carbocycles. The fraction of sp³-hybridized carbons (Fsp3) is 0.500. The molecule has 1 unspecified atom stereocenters. The molecule has 0 aromatic heterocycles. The first-order valence-electron chi connectivity index (χ1n) is 10.5. The summed E-state index contributed by atoms with van der Waals surface area (Å²) in [7, 11) is -3.34. The van der Waals surface area contributed by atoms with Crippen molar-refractivity contribution in [3.8, 4) is 0 Å². The van der Waals surface area contributed by atoms with Crippen LogP contribution in [0.4, 0.5) is 0 Å². The highest BCUT2D eigenvalue weighted by Gasteiger charge is 2.53. The summed E-state index contributed by atoms with van der Waals surface area (Å²) in [6, 6.07) is 7.13. The van der Waals surface area contributed by atoms with Crippen molar-refractivity contribution in [2.24, 2.45) is 10.2 Å². The number of fused-ring (bicyclic) bond motifs is 1. The Hall–Kier alpha value is -2.48. The van der Waals surface area contributed by atoms with Crippen LogP contribution < -0.4 is 10.6 Å². The third-order valence-corrected chi connectivity index (χ3v) is 8.91. The van der Waals surface area contributed by atoms with Crippen LogP contribution in [0.15, 0.2) is 62.4 Å². The maximum absolute atomic E-state index is 13.4. The Morgan fingerprint density at radius 2 is 2.00 bits per heavy atom. The van der Waals surface area contributed by atoms with Gasteiger partial charge in [-0.15, -0.1) is 0 Å². The van der Waals surface area contributed by atoms with Crippen LogP contribution in [0.5, 0.6) is 0 Å². The number of hydrogen-bond acceptors (Lipinski definition) is 6. The molecule has 8 heteroatoms. The molecular formula is C22H26N4O3S. The number of carbonyl (C=O) groups excluding carboxylic acids is 1. The van der Waals surface area contributed by atoms with E-state index < -0.39 is 15.3 Å². The van der Waals surface area contributed by atoms with E-state index in [1.807, 2.05) is 26.8 Å². The van der Waals surface area contributed by atoms with Crippen molar-refractivity contribution in [3.63, 3.8) is 0 Å². The van der Waals surface area contributed by atoms with Gasteiger partial charge in [0.25, 0.3) is 5.91 Å². The predicted octanol–water partition coefficient (Wildman–Crippen LogP) is 3.10. The molecule has 0 radical (unpaired) electrons. The second-order valence-corrected chi connectivity index (χ2v) is 11.5. The van der Waals surface area contributed by atoms with Crippen LogP contribution in [0.3, 0.4) is 0 Å². The maximum atomic E-state index is 13.4. The van der Waals surface area contributed by atoms with Gasteiger partial charge in [0, 0.05) is 23.2 Å². The molecule has 1 fully saturated rings. The first-order valence-corrected chi connectivity index (χ1v) is 12.0. The van der Waals surface area contributed by atoms with Gasteiger partial charge in [-0.3, -0.25) is 4.79 Å². The molecule has 0 spiro atoms. The van der Waals surface area contributed by atoms with Crippen molar-refractivity contribution in [1.29, 1.82) is 0 Å². The van der Waals surface area contributed by atoms with Gasteiger partial charge in [-0.2, -0.15) is 10.2 Å². The first-order chi connectivity index (χ1) is 14.2. The maximum Gasteiger partial charge on any atom is 0.250 e. The molecule has 2 atom stereocenters. The number of nitrogens with zero attached hydrogens (tertiary/aromatic N) is 2. The zero-order chi connectivity index (χ0) is 21.3. The summed E-state index contributed by atoms with van der Waals surface area (Å²) in [6.07, 6.45) is 4.06. The normalized spacial score (nSPS) is 29.6. The highest BCUT2D eigenvalue weighted by atomic mass is 32.2. The van der Waals surface area contributed by atoms with Gasteiger partial charge < -0.3 is 10.6 Å². The Morgan fingerprint density at radius 1 is 1.23 bits per heavy atom. The van der Waals surface area contributed by atoms with E-state index in [2.05, 4.69) is 20.9 Å². The van der Waals surface area contributed by atoms with E-state index in [0.29, 0.717) is 36.2 Å². The zero-order valence-corrected chi connectivity index (χ0v) is 18.2. The molecule has 158 valence electrons. The van der Waals surface area contributed by atoms with Gasteiger partial charge in [-0.05, 0) is 50.8 Å². The number of rotatable bonds is 4. The van der Waals surface area contributed by atoms with Gasteiger partial charge in [-0.1, -0.05) is 19.1 Å². The molecule has 1 aromatic rings. The molecular weight excluding hydrogens is 400 g/mol. The molecule has 2 N–H and O–H groups in total. The standard InChI is InChI=1S/C22H26N4O3S/c1-4-22(13-6-5-7-15(10-13)30(28,29)14-8-9-14)16-12-23-26-19(16)24-17-11-21(2,3)25-20(27)18(17)22/h5-7,10,12,14,19,24H,4,8-9,11H2,1-3H3,(H,25,27)/t19?,22-/m0/s1. The molecule has 30 heavy (non-hydrogen) atoms. The molecule has 3 aliphatic heterocycles. The molecule has 4 aliphatic rings. The lowest BCUT2D eigenvalue weighted by molar-refractivity contribution is -0.120. The van der Waals surface area contributed by atoms with Gasteiger partial charge >= 0.3 is 0 Å². The van der Waals surface area contributed by atoms with Crippen LogP contribution in [0, 0.1) is 0 Å². The van der Waals surface area contributed by atoms with Gasteiger partial charge in [0.15, 0.2) is 16.0 Å². The summed E-state index contributed by atoms with van der Waals surface area (Å²) in [6.45, 7) is 6.02. The summed E-state index contributed by atoms with van der Waals surface area (Å²) in [5, 5.41) is 14.7. The van der Waals surface area contributed by atoms with Crippen molar-refractivity contribution in [3.05, 3.63) is 52.9 Å². The SMILES string of the molecule is CC[C@]1(c2cccc(S(=O)(=O)C3CC3)c2)C2=CN=NC2NC2=C1C(=O)NC(C)(C)C2. The van der Waals surface area contributed by atoms with E-state index in [1.165, 1.54) is 0 Å². The van der Waals surface area contributed by atoms with E-state index in [-0.39, 0.29) is 22.9 Å². The Kier molecular flexibility index (Phi) is 4.07. The largest absolute Gasteiger partial charge is 0.362 e. The third-order valence-electron chi connectivity index (χ3n) is 6.65. The number of sulfone groups is 1. The Balaban J connectivity index is 1.74. The predicted molar refractivity (Wildman–Crippen MR) is 112 cm³/mol. The monoisotopic (exact) mass is 426 g/mol. The smallest absolute Gasteiger partial charge is 0.250 e. The van der Waals surface area contributed by atoms with Crippen molar-refractivity contribution in [2.45, 2.75) is 73.7 Å². The van der Waals surface area contributed by atoms with Gasteiger partial charge in [0.05, 0.1) is 27.3 Å². The third kappa shape index (κ3) is 2.69. The Labute approximate surface area is 176 Å². The summed E-state index contributed by atoms with van der Waals surface area (Å²) in [4.78, 5) is 13.7. The van der Waals surface area contributed by atoms with Crippen LogP contribution in [-0.2, 0) is 20.0 Å². The number of amides is 1. The van der Waals surface area contributed by atoms with Crippen molar-refractivity contribution in [1.82, 2.24) is 10.6 Å². The van der Waals surface area contributed by atoms with Crippen LogP contribution in [-0.4, -0.2) is 31.3 Å². The van der Waals surface area contributed by atoms with Crippen molar-refractivity contribution >= 4 is 15.7 Å². The number of nitrogens with one attached hydrogen (secondary N) is 2. The average Bonchev–Trinajstić information content (AvgIpc) is 3.45. The van der Waals surface area contributed by atoms with E-state index in [4.69, 9.17) is 0 Å². The number of hydrogen-bond donors (Lipinski definition) is 2. The van der Waals surface area contributed by atoms with E-state index in [9.17, 15) is 13.2 Å². The molecule has 0 bridgehead atoms. The minimum Gasteiger partial charge on any atom is -0.362 e. The number of benzene rings is 1. The lowest BCUT2D eigenvalue weighted by Gasteiger charge is -2.48. The van der Waals surface area contributed by atoms with Crippen molar-refractivity contribution < 1.29 is 13.2 Å². The minimum atomic E-state index is -3.34. The quantitative estimate of drug-likeness (QED) is 0.773. The fourth-order valence-electron chi connectivity index (χ4n) is 5.12. The number of azo groups is 1. The summed E-state index contributed by atoms with van der Waals surface area (Å²) in [5.74, 6) is -0.127. The van der Waals surface area contributed by atoms with Crippen LogP contribution in [0.25, 0.3) is 0 Å². The second-order valence-electron chi connectivity index (χ2n) is 9.26. The number of carbonyl (C=O) groups is 1. The highest BCUT2D eigenvalue weighted by molar-refractivity contribution is 7.92. The Bertz CT molecular complexity index is 1140. The molecule has 5 rings (SSSR count). The molecule has 1 saturated carbocycles. The van der Waals surface area contributed by atoms with E-state index in [1.54, 1.807) is 24.4 Å². The second kappa shape index (κ2) is 6.26. The summed E-state index contributed by atoms with van der Waals surface area (Å²) >= 11 is 0. The van der Waals surface area contributed by atoms with Gasteiger partial charge in [0.1, 0.15) is 0 Å². The molecule has 0 saturated heterocycles. The average molecular weight is 427 g/mol. The van der Waals surface area contributed by atoms with E-state index in [0.717, 1.165) is 16.8 Å². The lowest BCUT2D eigenvalue weighted by Crippen LogP contribution is -2.58. The summed E-state index contributed by atoms with van der Waals surface area (Å²) < 4.78 is 25.9. The lowest BCUT2D eigenvalue weighted by atomic mass is 9.62. The van der Waals surface area contributed by atoms with Crippen LogP contribution >= 0.6 is 0 Å². The highest BCUT2D eigenvalue weighted by Crippen LogP contribution is 2.51.